The Bertz CT molecular complexity index is 942. The van der Waals surface area contributed by atoms with Gasteiger partial charge >= 0.3 is 23.9 Å². The van der Waals surface area contributed by atoms with E-state index in [9.17, 15) is 29.4 Å². The SMILES string of the molecule is CCCCCCCCCC(=O)OCC(CO)OC(=O)CCCCCCCCC.CCCCCCCCCCCC(=O)OCC(CO)OC(=O)CCCCCCCCCCC. The quantitative estimate of drug-likeness (QED) is 0.0345. The fraction of sp³-hybridized carbons (Fsp3) is 0.920. The van der Waals surface area contributed by atoms with Gasteiger partial charge in [-0.25, -0.2) is 0 Å². The van der Waals surface area contributed by atoms with Gasteiger partial charge in [-0.3, -0.25) is 19.2 Å². The molecule has 0 spiro atoms. The Morgan fingerprint density at radius 3 is 0.733 bits per heavy atom. The molecule has 0 bridgehead atoms. The number of aliphatic hydroxyl groups excluding tert-OH is 2. The zero-order valence-electron chi connectivity index (χ0n) is 39.6. The molecule has 0 aromatic rings. The lowest BCUT2D eigenvalue weighted by atomic mass is 10.1. The first kappa shape index (κ1) is 59.9. The van der Waals surface area contributed by atoms with Crippen LogP contribution in [0.25, 0.3) is 0 Å². The molecule has 0 amide bonds. The highest BCUT2D eigenvalue weighted by Crippen LogP contribution is 2.14. The van der Waals surface area contributed by atoms with Gasteiger partial charge in [0.15, 0.2) is 12.2 Å². The number of carbonyl (C=O) groups is 4. The van der Waals surface area contributed by atoms with Crippen molar-refractivity contribution in [2.45, 2.75) is 271 Å². The van der Waals surface area contributed by atoms with Gasteiger partial charge in [-0.1, -0.05) is 207 Å². The van der Waals surface area contributed by atoms with Crippen molar-refractivity contribution in [3.05, 3.63) is 0 Å². The summed E-state index contributed by atoms with van der Waals surface area (Å²) in [6.45, 7) is 8.07. The van der Waals surface area contributed by atoms with E-state index in [1.165, 1.54) is 128 Å². The molecule has 0 aliphatic heterocycles. The van der Waals surface area contributed by atoms with Crippen LogP contribution < -0.4 is 0 Å². The van der Waals surface area contributed by atoms with E-state index in [0.29, 0.717) is 25.7 Å². The van der Waals surface area contributed by atoms with Crippen LogP contribution in [0, 0.1) is 0 Å². The van der Waals surface area contributed by atoms with E-state index >= 15 is 0 Å². The van der Waals surface area contributed by atoms with Crippen LogP contribution in [0.5, 0.6) is 0 Å². The Kier molecular flexibility index (Phi) is 49.4. The molecule has 10 nitrogen and oxygen atoms in total. The largest absolute Gasteiger partial charge is 0.462 e. The number of hydrogen-bond acceptors (Lipinski definition) is 10. The summed E-state index contributed by atoms with van der Waals surface area (Å²) in [7, 11) is 0. The first-order valence-electron chi connectivity index (χ1n) is 25.2. The minimum absolute atomic E-state index is 0.0593. The lowest BCUT2D eigenvalue weighted by Crippen LogP contribution is -2.28. The smallest absolute Gasteiger partial charge is 0.306 e. The van der Waals surface area contributed by atoms with Gasteiger partial charge in [0.1, 0.15) is 13.2 Å². The van der Waals surface area contributed by atoms with E-state index in [-0.39, 0.29) is 50.3 Å². The predicted molar refractivity (Wildman–Crippen MR) is 245 cm³/mol. The van der Waals surface area contributed by atoms with Crippen molar-refractivity contribution in [3.63, 3.8) is 0 Å². The molecule has 0 aliphatic rings. The normalized spacial score (nSPS) is 12.0. The second-order valence-corrected chi connectivity index (χ2v) is 16.9. The van der Waals surface area contributed by atoms with E-state index in [1.54, 1.807) is 0 Å². The van der Waals surface area contributed by atoms with E-state index in [1.807, 2.05) is 0 Å². The van der Waals surface area contributed by atoms with Crippen LogP contribution in [0.15, 0.2) is 0 Å². The fourth-order valence-corrected chi connectivity index (χ4v) is 6.87. The van der Waals surface area contributed by atoms with Crippen LogP contribution in [0.4, 0.5) is 0 Å². The number of aliphatic hydroxyl groups is 2. The summed E-state index contributed by atoms with van der Waals surface area (Å²) >= 11 is 0. The molecule has 0 fully saturated rings. The first-order chi connectivity index (χ1) is 29.3. The molecule has 10 heteroatoms. The molecule has 2 unspecified atom stereocenters. The lowest BCUT2D eigenvalue weighted by Gasteiger charge is -2.15. The average Bonchev–Trinajstić information content (AvgIpc) is 3.24. The summed E-state index contributed by atoms with van der Waals surface area (Å²) in [5.41, 5.74) is 0. The van der Waals surface area contributed by atoms with Crippen molar-refractivity contribution >= 4 is 23.9 Å². The lowest BCUT2D eigenvalue weighted by molar-refractivity contribution is -0.161. The summed E-state index contributed by atoms with van der Waals surface area (Å²) in [4.78, 5) is 47.4. The molecule has 356 valence electrons. The van der Waals surface area contributed by atoms with E-state index < -0.39 is 12.2 Å². The maximum atomic E-state index is 11.9. The Morgan fingerprint density at radius 1 is 0.317 bits per heavy atom. The fourth-order valence-electron chi connectivity index (χ4n) is 6.87. The standard InChI is InChI=1S/C27H52O5.C23H44O5/c1-3-5-7-9-11-13-15-17-19-21-26(29)31-24-25(23-28)32-27(30)22-20-18-16-14-12-10-8-6-4-2;1-3-5-7-9-11-13-15-17-22(25)27-20-21(19-24)28-23(26)18-16-14-12-10-8-6-4-2/h25,28H,3-24H2,1-2H3;21,24H,3-20H2,1-2H3. The topological polar surface area (TPSA) is 146 Å². The van der Waals surface area contributed by atoms with Crippen molar-refractivity contribution in [2.75, 3.05) is 26.4 Å². The van der Waals surface area contributed by atoms with Gasteiger partial charge in [0.05, 0.1) is 13.2 Å². The molecule has 0 aliphatic carbocycles. The van der Waals surface area contributed by atoms with Gasteiger partial charge in [-0.05, 0) is 25.7 Å². The molecule has 0 aromatic carbocycles. The molecular weight excluding hydrogens is 761 g/mol. The van der Waals surface area contributed by atoms with Crippen molar-refractivity contribution in [1.29, 1.82) is 0 Å². The molecular formula is C50H96O10. The Hall–Kier alpha value is -2.20. The molecule has 60 heavy (non-hydrogen) atoms. The Balaban J connectivity index is 0. The molecule has 2 N–H and O–H groups in total. The van der Waals surface area contributed by atoms with Crippen molar-refractivity contribution in [3.8, 4) is 0 Å². The highest BCUT2D eigenvalue weighted by Gasteiger charge is 2.17. The highest BCUT2D eigenvalue weighted by molar-refractivity contribution is 5.71. The van der Waals surface area contributed by atoms with Gasteiger partial charge in [0.25, 0.3) is 0 Å². The second-order valence-electron chi connectivity index (χ2n) is 16.9. The van der Waals surface area contributed by atoms with Crippen LogP contribution in [-0.4, -0.2) is 72.7 Å². The van der Waals surface area contributed by atoms with Crippen LogP contribution in [0.3, 0.4) is 0 Å². The van der Waals surface area contributed by atoms with Gasteiger partial charge < -0.3 is 29.2 Å². The summed E-state index contributed by atoms with van der Waals surface area (Å²) in [6, 6.07) is 0. The monoisotopic (exact) mass is 857 g/mol. The zero-order chi connectivity index (χ0) is 44.6. The van der Waals surface area contributed by atoms with E-state index in [0.717, 1.165) is 77.0 Å². The average molecular weight is 857 g/mol. The molecule has 0 aromatic heterocycles. The van der Waals surface area contributed by atoms with Gasteiger partial charge in [0, 0.05) is 25.7 Å². The summed E-state index contributed by atoms with van der Waals surface area (Å²) < 4.78 is 20.8. The minimum Gasteiger partial charge on any atom is -0.462 e. The summed E-state index contributed by atoms with van der Waals surface area (Å²) in [5, 5.41) is 18.7. The van der Waals surface area contributed by atoms with Crippen molar-refractivity contribution in [1.82, 2.24) is 0 Å². The third-order valence-electron chi connectivity index (χ3n) is 10.8. The number of carbonyl (C=O) groups excluding carboxylic acids is 4. The zero-order valence-corrected chi connectivity index (χ0v) is 39.6. The van der Waals surface area contributed by atoms with E-state index in [4.69, 9.17) is 18.9 Å². The van der Waals surface area contributed by atoms with Crippen molar-refractivity contribution in [2.24, 2.45) is 0 Å². The van der Waals surface area contributed by atoms with E-state index in [2.05, 4.69) is 27.7 Å². The van der Waals surface area contributed by atoms with Gasteiger partial charge in [0.2, 0.25) is 0 Å². The first-order valence-corrected chi connectivity index (χ1v) is 25.2. The van der Waals surface area contributed by atoms with Crippen molar-refractivity contribution < 1.29 is 48.3 Å². The molecule has 0 heterocycles. The molecule has 2 atom stereocenters. The molecule has 0 radical (unpaired) electrons. The Morgan fingerprint density at radius 2 is 0.517 bits per heavy atom. The number of ether oxygens (including phenoxy) is 4. The highest BCUT2D eigenvalue weighted by atomic mass is 16.6. The van der Waals surface area contributed by atoms with Crippen LogP contribution in [0.2, 0.25) is 0 Å². The minimum atomic E-state index is -0.756. The number of unbranched alkanes of at least 4 members (excludes halogenated alkanes) is 28. The van der Waals surface area contributed by atoms with Crippen LogP contribution in [-0.2, 0) is 38.1 Å². The predicted octanol–water partition coefficient (Wildman–Crippen LogP) is 13.0. The number of esters is 4. The third-order valence-corrected chi connectivity index (χ3v) is 10.8. The van der Waals surface area contributed by atoms with Crippen LogP contribution in [0.1, 0.15) is 259 Å². The summed E-state index contributed by atoms with van der Waals surface area (Å²) in [5.74, 6) is -1.20. The van der Waals surface area contributed by atoms with Gasteiger partial charge in [-0.15, -0.1) is 0 Å². The maximum absolute atomic E-state index is 11.9. The third kappa shape index (κ3) is 46.9. The molecule has 0 rings (SSSR count). The van der Waals surface area contributed by atoms with Gasteiger partial charge in [-0.2, -0.15) is 0 Å². The maximum Gasteiger partial charge on any atom is 0.306 e. The summed E-state index contributed by atoms with van der Waals surface area (Å²) in [6.07, 6.45) is 37.5. The molecule has 0 saturated heterocycles. The number of rotatable bonds is 44. The van der Waals surface area contributed by atoms with Crippen LogP contribution >= 0.6 is 0 Å². The second kappa shape index (κ2) is 49.5. The number of hydrogen-bond donors (Lipinski definition) is 2. The molecule has 0 saturated carbocycles. The Labute approximate surface area is 368 Å².